The first-order chi connectivity index (χ1) is 10.8. The number of benzene rings is 1. The standard InChI is InChI=1S/C15H20N2O5S/c1-3-9-16-23(21,22)13-7-4-6-12(11-13)15(20)17(2)10-5-8-14(18)19/h3-4,6-7,11,16H,1,5,8-10H2,2H3,(H,18,19). The van der Waals surface area contributed by atoms with Gasteiger partial charge in [-0.3, -0.25) is 9.59 Å². The first-order valence-electron chi connectivity index (χ1n) is 6.96. The molecule has 0 aliphatic carbocycles. The van der Waals surface area contributed by atoms with Crippen molar-refractivity contribution in [3.63, 3.8) is 0 Å². The van der Waals surface area contributed by atoms with Crippen LogP contribution in [0.5, 0.6) is 0 Å². The summed E-state index contributed by atoms with van der Waals surface area (Å²) in [5.74, 6) is -1.29. The second-order valence-corrected chi connectivity index (χ2v) is 6.66. The van der Waals surface area contributed by atoms with E-state index in [1.165, 1.54) is 35.2 Å². The highest BCUT2D eigenvalue weighted by Crippen LogP contribution is 2.13. The molecule has 23 heavy (non-hydrogen) atoms. The highest BCUT2D eigenvalue weighted by Gasteiger charge is 2.17. The third kappa shape index (κ3) is 5.84. The normalized spacial score (nSPS) is 11.0. The summed E-state index contributed by atoms with van der Waals surface area (Å²) in [4.78, 5) is 24.1. The molecule has 0 aliphatic heterocycles. The quantitative estimate of drug-likeness (QED) is 0.655. The summed E-state index contributed by atoms with van der Waals surface area (Å²) in [5.41, 5.74) is 0.226. The third-order valence-corrected chi connectivity index (χ3v) is 4.46. The van der Waals surface area contributed by atoms with Gasteiger partial charge in [0.05, 0.1) is 4.90 Å². The Bertz CT molecular complexity index is 685. The van der Waals surface area contributed by atoms with E-state index in [-0.39, 0.29) is 35.9 Å². The maximum absolute atomic E-state index is 12.3. The number of carboxylic acids is 1. The number of rotatable bonds is 9. The summed E-state index contributed by atoms with van der Waals surface area (Å²) in [6.45, 7) is 3.81. The zero-order valence-corrected chi connectivity index (χ0v) is 13.7. The molecule has 0 aromatic heterocycles. The van der Waals surface area contributed by atoms with Crippen molar-refractivity contribution in [2.75, 3.05) is 20.1 Å². The van der Waals surface area contributed by atoms with E-state index in [4.69, 9.17) is 5.11 Å². The number of amides is 1. The molecule has 0 heterocycles. The van der Waals surface area contributed by atoms with Gasteiger partial charge in [0, 0.05) is 32.1 Å². The van der Waals surface area contributed by atoms with Gasteiger partial charge in [0.15, 0.2) is 0 Å². The molecule has 1 aromatic rings. The van der Waals surface area contributed by atoms with Gasteiger partial charge in [-0.25, -0.2) is 13.1 Å². The van der Waals surface area contributed by atoms with Crippen molar-refractivity contribution < 1.29 is 23.1 Å². The molecule has 8 heteroatoms. The lowest BCUT2D eigenvalue weighted by atomic mass is 10.2. The van der Waals surface area contributed by atoms with Gasteiger partial charge in [-0.15, -0.1) is 6.58 Å². The van der Waals surface area contributed by atoms with Gasteiger partial charge in [0.1, 0.15) is 0 Å². The molecule has 0 unspecified atom stereocenters. The molecular formula is C15H20N2O5S. The van der Waals surface area contributed by atoms with Crippen LogP contribution < -0.4 is 4.72 Å². The molecule has 0 aliphatic rings. The van der Waals surface area contributed by atoms with Crippen molar-refractivity contribution in [3.05, 3.63) is 42.5 Å². The predicted octanol–water partition coefficient (Wildman–Crippen LogP) is 1.09. The summed E-state index contributed by atoms with van der Waals surface area (Å²) in [6, 6.07) is 5.69. The molecule has 0 radical (unpaired) electrons. The van der Waals surface area contributed by atoms with Gasteiger partial charge in [-0.2, -0.15) is 0 Å². The Morgan fingerprint density at radius 3 is 2.70 bits per heavy atom. The molecule has 0 saturated heterocycles. The third-order valence-electron chi connectivity index (χ3n) is 3.04. The monoisotopic (exact) mass is 340 g/mol. The zero-order chi connectivity index (χ0) is 17.5. The molecule has 1 amide bonds. The zero-order valence-electron chi connectivity index (χ0n) is 12.9. The van der Waals surface area contributed by atoms with Gasteiger partial charge in [-0.1, -0.05) is 12.1 Å². The molecule has 0 atom stereocenters. The molecule has 0 bridgehead atoms. The average molecular weight is 340 g/mol. The Morgan fingerprint density at radius 1 is 1.39 bits per heavy atom. The first-order valence-corrected chi connectivity index (χ1v) is 8.44. The van der Waals surface area contributed by atoms with E-state index in [0.29, 0.717) is 6.42 Å². The van der Waals surface area contributed by atoms with E-state index in [9.17, 15) is 18.0 Å². The molecule has 7 nitrogen and oxygen atoms in total. The Hall–Kier alpha value is -2.19. The summed E-state index contributed by atoms with van der Waals surface area (Å²) < 4.78 is 26.4. The summed E-state index contributed by atoms with van der Waals surface area (Å²) in [5, 5.41) is 8.59. The Kier molecular flexibility index (Phi) is 6.92. The number of sulfonamides is 1. The number of nitrogens with one attached hydrogen (secondary N) is 1. The van der Waals surface area contributed by atoms with Gasteiger partial charge in [0.25, 0.3) is 5.91 Å². The maximum atomic E-state index is 12.3. The van der Waals surface area contributed by atoms with Crippen molar-refractivity contribution >= 4 is 21.9 Å². The van der Waals surface area contributed by atoms with Crippen molar-refractivity contribution in [1.29, 1.82) is 0 Å². The van der Waals surface area contributed by atoms with E-state index < -0.39 is 16.0 Å². The topological polar surface area (TPSA) is 104 Å². The minimum Gasteiger partial charge on any atom is -0.481 e. The molecule has 1 rings (SSSR count). The second kappa shape index (κ2) is 8.44. The number of carboxylic acid groups (broad SMARTS) is 1. The van der Waals surface area contributed by atoms with Crippen molar-refractivity contribution in [2.45, 2.75) is 17.7 Å². The van der Waals surface area contributed by atoms with E-state index >= 15 is 0 Å². The predicted molar refractivity (Wildman–Crippen MR) is 85.7 cm³/mol. The van der Waals surface area contributed by atoms with Gasteiger partial charge < -0.3 is 10.0 Å². The van der Waals surface area contributed by atoms with Gasteiger partial charge in [-0.05, 0) is 24.6 Å². The van der Waals surface area contributed by atoms with Crippen LogP contribution in [0.3, 0.4) is 0 Å². The van der Waals surface area contributed by atoms with Crippen LogP contribution in [0, 0.1) is 0 Å². The highest BCUT2D eigenvalue weighted by atomic mass is 32.2. The van der Waals surface area contributed by atoms with E-state index in [0.717, 1.165) is 0 Å². The first kappa shape index (κ1) is 18.9. The van der Waals surface area contributed by atoms with Crippen LogP contribution in [0.25, 0.3) is 0 Å². The van der Waals surface area contributed by atoms with Crippen molar-refractivity contribution in [1.82, 2.24) is 9.62 Å². The lowest BCUT2D eigenvalue weighted by Gasteiger charge is -2.17. The van der Waals surface area contributed by atoms with Crippen molar-refractivity contribution in [3.8, 4) is 0 Å². The van der Waals surface area contributed by atoms with Gasteiger partial charge >= 0.3 is 5.97 Å². The maximum Gasteiger partial charge on any atom is 0.303 e. The van der Waals surface area contributed by atoms with Crippen molar-refractivity contribution in [2.24, 2.45) is 0 Å². The minimum atomic E-state index is -3.70. The molecule has 0 saturated carbocycles. The van der Waals surface area contributed by atoms with E-state index in [2.05, 4.69) is 11.3 Å². The van der Waals surface area contributed by atoms with Crippen LogP contribution in [0.4, 0.5) is 0 Å². The Morgan fingerprint density at radius 2 is 2.09 bits per heavy atom. The Balaban J connectivity index is 2.85. The SMILES string of the molecule is C=CCNS(=O)(=O)c1cccc(C(=O)N(C)CCCC(=O)O)c1. The fraction of sp³-hybridized carbons (Fsp3) is 0.333. The van der Waals surface area contributed by atoms with E-state index in [1.807, 2.05) is 0 Å². The number of carbonyl (C=O) groups excluding carboxylic acids is 1. The number of hydrogen-bond acceptors (Lipinski definition) is 4. The lowest BCUT2D eigenvalue weighted by molar-refractivity contribution is -0.137. The smallest absolute Gasteiger partial charge is 0.303 e. The molecule has 2 N–H and O–H groups in total. The summed E-state index contributed by atoms with van der Waals surface area (Å²) in [6.07, 6.45) is 1.72. The fourth-order valence-electron chi connectivity index (χ4n) is 1.84. The number of nitrogens with zero attached hydrogens (tertiary/aromatic N) is 1. The molecule has 126 valence electrons. The lowest BCUT2D eigenvalue weighted by Crippen LogP contribution is -2.29. The fourth-order valence-corrected chi connectivity index (χ4v) is 2.88. The average Bonchev–Trinajstić information content (AvgIpc) is 2.52. The van der Waals surface area contributed by atoms with E-state index in [1.54, 1.807) is 7.05 Å². The molecule has 0 spiro atoms. The number of hydrogen-bond donors (Lipinski definition) is 2. The molecule has 0 fully saturated rings. The van der Waals surface area contributed by atoms with Crippen LogP contribution in [0.2, 0.25) is 0 Å². The molecular weight excluding hydrogens is 320 g/mol. The van der Waals surface area contributed by atoms with Crippen LogP contribution in [0.1, 0.15) is 23.2 Å². The van der Waals surface area contributed by atoms with Crippen LogP contribution in [0.15, 0.2) is 41.8 Å². The van der Waals surface area contributed by atoms with Gasteiger partial charge in [0.2, 0.25) is 10.0 Å². The second-order valence-electron chi connectivity index (χ2n) is 4.89. The van der Waals surface area contributed by atoms with Crippen LogP contribution >= 0.6 is 0 Å². The minimum absolute atomic E-state index is 0.0101. The largest absolute Gasteiger partial charge is 0.481 e. The Labute approximate surface area is 135 Å². The van der Waals surface area contributed by atoms with Crippen LogP contribution in [-0.2, 0) is 14.8 Å². The summed E-state index contributed by atoms with van der Waals surface area (Å²) >= 11 is 0. The molecule has 1 aromatic carbocycles. The number of carbonyl (C=O) groups is 2. The number of aliphatic carboxylic acids is 1. The highest BCUT2D eigenvalue weighted by molar-refractivity contribution is 7.89. The summed E-state index contributed by atoms with van der Waals surface area (Å²) in [7, 11) is -2.16. The van der Waals surface area contributed by atoms with Crippen LogP contribution in [-0.4, -0.2) is 50.4 Å².